The second kappa shape index (κ2) is 10.8. The molecule has 136 valence electrons. The van der Waals surface area contributed by atoms with Crippen LogP contribution in [0.4, 0.5) is 10.1 Å². The molecule has 0 spiro atoms. The van der Waals surface area contributed by atoms with E-state index >= 15 is 0 Å². The lowest BCUT2D eigenvalue weighted by atomic mass is 10.1. The van der Waals surface area contributed by atoms with Gasteiger partial charge >= 0.3 is 0 Å². The number of ether oxygens (including phenoxy) is 2. The minimum absolute atomic E-state index is 0. The topological polar surface area (TPSA) is 68.9 Å². The molecule has 0 atom stereocenters. The molecule has 25 heavy (non-hydrogen) atoms. The quantitative estimate of drug-likeness (QED) is 0.286. The lowest BCUT2D eigenvalue weighted by molar-refractivity contribution is 0.355. The molecule has 0 unspecified atom stereocenters. The van der Waals surface area contributed by atoms with Crippen LogP contribution in [-0.4, -0.2) is 26.7 Å². The van der Waals surface area contributed by atoms with Gasteiger partial charge in [-0.2, -0.15) is 0 Å². The lowest BCUT2D eigenvalue weighted by Gasteiger charge is -2.11. The molecule has 0 amide bonds. The second-order valence-corrected chi connectivity index (χ2v) is 5.20. The summed E-state index contributed by atoms with van der Waals surface area (Å²) < 4.78 is 23.5. The van der Waals surface area contributed by atoms with Gasteiger partial charge in [-0.25, -0.2) is 4.39 Å². The van der Waals surface area contributed by atoms with Gasteiger partial charge in [-0.1, -0.05) is 12.1 Å². The van der Waals surface area contributed by atoms with Gasteiger partial charge in [0.15, 0.2) is 17.5 Å². The standard InChI is InChI=1S/C18H22FN3O2.HI/c1-23-16-9-8-15(12-17(16)24-2)22-18(20)21-10-4-6-13-5-3-7-14(19)11-13;/h3,5,7-9,11-12H,4,6,10H2,1-2H3,(H3,20,21,22);1H. The first-order valence-corrected chi connectivity index (χ1v) is 7.66. The highest BCUT2D eigenvalue weighted by Gasteiger charge is 2.05. The van der Waals surface area contributed by atoms with E-state index in [9.17, 15) is 4.39 Å². The highest BCUT2D eigenvalue weighted by Crippen LogP contribution is 2.29. The molecule has 7 heteroatoms. The minimum atomic E-state index is -0.217. The summed E-state index contributed by atoms with van der Waals surface area (Å²) in [6.07, 6.45) is 1.54. The summed E-state index contributed by atoms with van der Waals surface area (Å²) in [6.45, 7) is 0.558. The average Bonchev–Trinajstić information content (AvgIpc) is 2.58. The molecule has 0 radical (unpaired) electrons. The molecular formula is C18H23FIN3O2. The third-order valence-electron chi connectivity index (χ3n) is 3.45. The SMILES string of the molecule is COc1ccc(NC(N)=NCCCc2cccc(F)c2)cc1OC.I. The van der Waals surface area contributed by atoms with Crippen molar-refractivity contribution in [2.45, 2.75) is 12.8 Å². The average molecular weight is 459 g/mol. The molecule has 0 saturated carbocycles. The summed E-state index contributed by atoms with van der Waals surface area (Å²) >= 11 is 0. The number of benzene rings is 2. The van der Waals surface area contributed by atoms with E-state index in [1.807, 2.05) is 12.1 Å². The zero-order valence-electron chi connectivity index (χ0n) is 14.3. The van der Waals surface area contributed by atoms with Crippen LogP contribution in [0.1, 0.15) is 12.0 Å². The lowest BCUT2D eigenvalue weighted by Crippen LogP contribution is -2.22. The van der Waals surface area contributed by atoms with E-state index in [-0.39, 0.29) is 29.8 Å². The molecule has 5 nitrogen and oxygen atoms in total. The van der Waals surface area contributed by atoms with Gasteiger partial charge in [0.25, 0.3) is 0 Å². The number of rotatable bonds is 7. The van der Waals surface area contributed by atoms with Gasteiger partial charge in [-0.15, -0.1) is 24.0 Å². The monoisotopic (exact) mass is 459 g/mol. The van der Waals surface area contributed by atoms with Crippen molar-refractivity contribution in [3.8, 4) is 11.5 Å². The maximum absolute atomic E-state index is 13.1. The Morgan fingerprint density at radius 2 is 1.88 bits per heavy atom. The van der Waals surface area contributed by atoms with Crippen LogP contribution < -0.4 is 20.5 Å². The summed E-state index contributed by atoms with van der Waals surface area (Å²) in [7, 11) is 3.16. The number of nitrogens with one attached hydrogen (secondary N) is 1. The third kappa shape index (κ3) is 6.77. The van der Waals surface area contributed by atoms with Gasteiger partial charge in [-0.3, -0.25) is 4.99 Å². The molecule has 2 rings (SSSR count). The Kier molecular flexibility index (Phi) is 9.04. The highest BCUT2D eigenvalue weighted by molar-refractivity contribution is 14.0. The summed E-state index contributed by atoms with van der Waals surface area (Å²) in [6, 6.07) is 12.0. The molecule has 0 bridgehead atoms. The Bertz CT molecular complexity index is 710. The van der Waals surface area contributed by atoms with E-state index in [2.05, 4.69) is 10.3 Å². The molecule has 2 aromatic carbocycles. The number of hydrogen-bond donors (Lipinski definition) is 2. The number of anilines is 1. The summed E-state index contributed by atoms with van der Waals surface area (Å²) in [5.74, 6) is 1.36. The summed E-state index contributed by atoms with van der Waals surface area (Å²) in [5.41, 5.74) is 7.60. The first-order valence-electron chi connectivity index (χ1n) is 7.66. The van der Waals surface area contributed by atoms with Crippen LogP contribution in [0.5, 0.6) is 11.5 Å². The first-order chi connectivity index (χ1) is 11.6. The third-order valence-corrected chi connectivity index (χ3v) is 3.45. The second-order valence-electron chi connectivity index (χ2n) is 5.20. The van der Waals surface area contributed by atoms with Gasteiger partial charge in [0, 0.05) is 18.3 Å². The van der Waals surface area contributed by atoms with Crippen molar-refractivity contribution in [2.24, 2.45) is 10.7 Å². The van der Waals surface area contributed by atoms with Crippen molar-refractivity contribution < 1.29 is 13.9 Å². The minimum Gasteiger partial charge on any atom is -0.493 e. The molecule has 0 fully saturated rings. The zero-order chi connectivity index (χ0) is 17.4. The number of methoxy groups -OCH3 is 2. The number of halogens is 2. The molecule has 0 aliphatic heterocycles. The molecule has 0 saturated heterocycles. The molecule has 0 aliphatic rings. The van der Waals surface area contributed by atoms with Crippen molar-refractivity contribution in [3.63, 3.8) is 0 Å². The van der Waals surface area contributed by atoms with Crippen molar-refractivity contribution in [1.82, 2.24) is 0 Å². The maximum atomic E-state index is 13.1. The number of hydrogen-bond acceptors (Lipinski definition) is 3. The van der Waals surface area contributed by atoms with E-state index in [0.717, 1.165) is 24.1 Å². The van der Waals surface area contributed by atoms with Crippen molar-refractivity contribution >= 4 is 35.6 Å². The fraction of sp³-hybridized carbons (Fsp3) is 0.278. The Morgan fingerprint density at radius 1 is 1.12 bits per heavy atom. The van der Waals surface area contributed by atoms with Crippen LogP contribution in [0.25, 0.3) is 0 Å². The van der Waals surface area contributed by atoms with E-state index in [1.165, 1.54) is 12.1 Å². The summed E-state index contributed by atoms with van der Waals surface area (Å²) in [4.78, 5) is 4.27. The Hall–Kier alpha value is -2.03. The van der Waals surface area contributed by atoms with Gasteiger partial charge in [-0.05, 0) is 42.7 Å². The van der Waals surface area contributed by atoms with Crippen molar-refractivity contribution in [1.29, 1.82) is 0 Å². The molecule has 2 aromatic rings. The first kappa shape index (κ1) is 21.0. The molecule has 3 N–H and O–H groups in total. The predicted octanol–water partition coefficient (Wildman–Crippen LogP) is 3.82. The molecule has 0 aliphatic carbocycles. The fourth-order valence-corrected chi connectivity index (χ4v) is 2.28. The van der Waals surface area contributed by atoms with Crippen molar-refractivity contribution in [2.75, 3.05) is 26.1 Å². The smallest absolute Gasteiger partial charge is 0.193 e. The molecule has 0 aromatic heterocycles. The number of nitrogens with zero attached hydrogens (tertiary/aromatic N) is 1. The van der Waals surface area contributed by atoms with Crippen molar-refractivity contribution in [3.05, 3.63) is 53.8 Å². The van der Waals surface area contributed by atoms with Gasteiger partial charge < -0.3 is 20.5 Å². The van der Waals surface area contributed by atoms with Gasteiger partial charge in [0.05, 0.1) is 14.2 Å². The molecular weight excluding hydrogens is 436 g/mol. The zero-order valence-corrected chi connectivity index (χ0v) is 16.6. The van der Waals surface area contributed by atoms with Gasteiger partial charge in [0.1, 0.15) is 5.82 Å². The number of aliphatic imine (C=N–C) groups is 1. The van der Waals surface area contributed by atoms with Crippen LogP contribution in [0.15, 0.2) is 47.5 Å². The fourth-order valence-electron chi connectivity index (χ4n) is 2.28. The Morgan fingerprint density at radius 3 is 2.56 bits per heavy atom. The van der Waals surface area contributed by atoms with Crippen LogP contribution in [-0.2, 0) is 6.42 Å². The highest BCUT2D eigenvalue weighted by atomic mass is 127. The van der Waals surface area contributed by atoms with Crippen LogP contribution >= 0.6 is 24.0 Å². The normalized spacial score (nSPS) is 10.8. The Labute approximate surface area is 164 Å². The summed E-state index contributed by atoms with van der Waals surface area (Å²) in [5, 5.41) is 3.01. The number of guanidine groups is 1. The van der Waals surface area contributed by atoms with E-state index in [4.69, 9.17) is 15.2 Å². The predicted molar refractivity (Wildman–Crippen MR) is 110 cm³/mol. The van der Waals surface area contributed by atoms with E-state index in [0.29, 0.717) is 24.0 Å². The van der Waals surface area contributed by atoms with Crippen LogP contribution in [0.2, 0.25) is 0 Å². The Balaban J connectivity index is 0.00000312. The van der Waals surface area contributed by atoms with E-state index in [1.54, 1.807) is 32.4 Å². The van der Waals surface area contributed by atoms with Gasteiger partial charge in [0.2, 0.25) is 0 Å². The van der Waals surface area contributed by atoms with Crippen LogP contribution in [0, 0.1) is 5.82 Å². The van der Waals surface area contributed by atoms with E-state index < -0.39 is 0 Å². The molecule has 0 heterocycles. The maximum Gasteiger partial charge on any atom is 0.193 e. The van der Waals surface area contributed by atoms with Crippen LogP contribution in [0.3, 0.4) is 0 Å². The number of aryl methyl sites for hydroxylation is 1. The largest absolute Gasteiger partial charge is 0.493 e. The number of nitrogens with two attached hydrogens (primary N) is 1.